The predicted molar refractivity (Wildman–Crippen MR) is 97.1 cm³/mol. The average Bonchev–Trinajstić information content (AvgIpc) is 2.96. The normalized spacial score (nSPS) is 15.8. The predicted octanol–water partition coefficient (Wildman–Crippen LogP) is 2.97. The number of amides is 2. The van der Waals surface area contributed by atoms with Crippen LogP contribution in [0.3, 0.4) is 0 Å². The van der Waals surface area contributed by atoms with Gasteiger partial charge in [0.25, 0.3) is 5.91 Å². The topological polar surface area (TPSA) is 89.9 Å². The van der Waals surface area contributed by atoms with E-state index in [0.29, 0.717) is 0 Å². The molecule has 0 fully saturated rings. The molecule has 7 heteroatoms. The number of carbonyl (C=O) groups is 2. The first-order valence-electron chi connectivity index (χ1n) is 8.20. The van der Waals surface area contributed by atoms with Crippen LogP contribution in [-0.4, -0.2) is 33.0 Å². The Morgan fingerprint density at radius 1 is 1.19 bits per heavy atom. The van der Waals surface area contributed by atoms with Crippen LogP contribution in [0.5, 0.6) is 11.5 Å². The summed E-state index contributed by atoms with van der Waals surface area (Å²) in [6, 6.07) is 8.68. The third-order valence-corrected chi connectivity index (χ3v) is 4.54. The van der Waals surface area contributed by atoms with Crippen molar-refractivity contribution < 1.29 is 19.8 Å². The summed E-state index contributed by atoms with van der Waals surface area (Å²) in [5.41, 5.74) is 1.56. The standard InChI is InChI=1S/C19H19ClN2O4/c1-10(2)21-18(25)17-12-6-4-3-5-11(12)9-22(17)19(26)13-7-14(20)16(24)8-15(13)23/h3-8,10,17,23-24H,9H2,1-2H3,(H,21,25). The van der Waals surface area contributed by atoms with Gasteiger partial charge in [-0.2, -0.15) is 0 Å². The largest absolute Gasteiger partial charge is 0.507 e. The van der Waals surface area contributed by atoms with E-state index in [-0.39, 0.29) is 34.8 Å². The number of rotatable bonds is 3. The van der Waals surface area contributed by atoms with Gasteiger partial charge in [-0.25, -0.2) is 0 Å². The summed E-state index contributed by atoms with van der Waals surface area (Å²) in [6.07, 6.45) is 0. The molecule has 1 unspecified atom stereocenters. The van der Waals surface area contributed by atoms with E-state index in [1.165, 1.54) is 11.0 Å². The molecule has 0 saturated heterocycles. The van der Waals surface area contributed by atoms with E-state index in [9.17, 15) is 19.8 Å². The van der Waals surface area contributed by atoms with E-state index < -0.39 is 17.7 Å². The number of nitrogens with zero attached hydrogens (tertiary/aromatic N) is 1. The molecular formula is C19H19ClN2O4. The number of aromatic hydroxyl groups is 2. The first-order chi connectivity index (χ1) is 12.3. The summed E-state index contributed by atoms with van der Waals surface area (Å²) in [6.45, 7) is 3.93. The molecule has 1 aliphatic rings. The van der Waals surface area contributed by atoms with Crippen LogP contribution in [0.2, 0.25) is 5.02 Å². The van der Waals surface area contributed by atoms with Crippen LogP contribution in [0, 0.1) is 0 Å². The Morgan fingerprint density at radius 3 is 2.58 bits per heavy atom. The number of hydrogen-bond acceptors (Lipinski definition) is 4. The van der Waals surface area contributed by atoms with Crippen LogP contribution >= 0.6 is 11.6 Å². The third kappa shape index (κ3) is 3.20. The number of phenols is 2. The molecule has 6 nitrogen and oxygen atoms in total. The van der Waals surface area contributed by atoms with Gasteiger partial charge in [0, 0.05) is 18.7 Å². The van der Waals surface area contributed by atoms with Crippen molar-refractivity contribution in [3.05, 3.63) is 58.1 Å². The van der Waals surface area contributed by atoms with Crippen molar-refractivity contribution in [2.75, 3.05) is 0 Å². The molecule has 0 saturated carbocycles. The molecule has 1 atom stereocenters. The molecule has 0 radical (unpaired) electrons. The zero-order valence-corrected chi connectivity index (χ0v) is 15.1. The summed E-state index contributed by atoms with van der Waals surface area (Å²) in [7, 11) is 0. The highest BCUT2D eigenvalue weighted by molar-refractivity contribution is 6.32. The maximum absolute atomic E-state index is 13.0. The average molecular weight is 375 g/mol. The molecule has 2 aromatic rings. The van der Waals surface area contributed by atoms with Gasteiger partial charge in [0.2, 0.25) is 5.91 Å². The van der Waals surface area contributed by atoms with Gasteiger partial charge in [0.05, 0.1) is 10.6 Å². The van der Waals surface area contributed by atoms with Crippen molar-refractivity contribution in [1.82, 2.24) is 10.2 Å². The summed E-state index contributed by atoms with van der Waals surface area (Å²) in [4.78, 5) is 27.2. The molecule has 1 heterocycles. The number of hydrogen-bond donors (Lipinski definition) is 3. The maximum Gasteiger partial charge on any atom is 0.258 e. The first kappa shape index (κ1) is 18.1. The number of benzene rings is 2. The van der Waals surface area contributed by atoms with Gasteiger partial charge in [-0.15, -0.1) is 0 Å². The van der Waals surface area contributed by atoms with Crippen LogP contribution < -0.4 is 5.32 Å². The molecule has 0 aliphatic carbocycles. The van der Waals surface area contributed by atoms with Gasteiger partial charge < -0.3 is 20.4 Å². The lowest BCUT2D eigenvalue weighted by Crippen LogP contribution is -2.42. The Balaban J connectivity index is 2.01. The van der Waals surface area contributed by atoms with Crippen molar-refractivity contribution in [3.8, 4) is 11.5 Å². The summed E-state index contributed by atoms with van der Waals surface area (Å²) in [5.74, 6) is -1.54. The van der Waals surface area contributed by atoms with Crippen molar-refractivity contribution in [3.63, 3.8) is 0 Å². The molecule has 136 valence electrons. The lowest BCUT2D eigenvalue weighted by molar-refractivity contribution is -0.126. The Kier molecular flexibility index (Phi) is 4.78. The SMILES string of the molecule is CC(C)NC(=O)C1c2ccccc2CN1C(=O)c1cc(Cl)c(O)cc1O. The van der Waals surface area contributed by atoms with E-state index in [0.717, 1.165) is 17.2 Å². The summed E-state index contributed by atoms with van der Waals surface area (Å²) in [5, 5.41) is 22.4. The van der Waals surface area contributed by atoms with E-state index in [4.69, 9.17) is 11.6 Å². The fourth-order valence-electron chi connectivity index (χ4n) is 3.10. The van der Waals surface area contributed by atoms with Gasteiger partial charge in [0.1, 0.15) is 17.5 Å². The monoisotopic (exact) mass is 374 g/mol. The minimum absolute atomic E-state index is 0.0500. The Bertz CT molecular complexity index is 882. The number of halogens is 1. The van der Waals surface area contributed by atoms with Crippen LogP contribution in [0.1, 0.15) is 41.4 Å². The van der Waals surface area contributed by atoms with Gasteiger partial charge in [0.15, 0.2) is 0 Å². The van der Waals surface area contributed by atoms with E-state index in [1.807, 2.05) is 38.1 Å². The molecule has 0 bridgehead atoms. The van der Waals surface area contributed by atoms with Crippen LogP contribution in [0.15, 0.2) is 36.4 Å². The zero-order valence-electron chi connectivity index (χ0n) is 14.4. The molecule has 0 aromatic heterocycles. The fraction of sp³-hybridized carbons (Fsp3) is 0.263. The maximum atomic E-state index is 13.0. The van der Waals surface area contributed by atoms with Crippen molar-refractivity contribution in [2.24, 2.45) is 0 Å². The number of nitrogens with one attached hydrogen (secondary N) is 1. The molecule has 26 heavy (non-hydrogen) atoms. The van der Waals surface area contributed by atoms with Crippen LogP contribution in [0.25, 0.3) is 0 Å². The quantitative estimate of drug-likeness (QED) is 0.770. The van der Waals surface area contributed by atoms with Crippen molar-refractivity contribution >= 4 is 23.4 Å². The first-order valence-corrected chi connectivity index (χ1v) is 8.58. The molecule has 2 aromatic carbocycles. The second-order valence-corrected chi connectivity index (χ2v) is 6.93. The highest BCUT2D eigenvalue weighted by Gasteiger charge is 2.39. The Morgan fingerprint density at radius 2 is 1.88 bits per heavy atom. The highest BCUT2D eigenvalue weighted by Crippen LogP contribution is 2.38. The molecule has 3 N–H and O–H groups in total. The smallest absolute Gasteiger partial charge is 0.258 e. The van der Waals surface area contributed by atoms with E-state index in [2.05, 4.69) is 5.32 Å². The molecular weight excluding hydrogens is 356 g/mol. The summed E-state index contributed by atoms with van der Waals surface area (Å²) < 4.78 is 0. The van der Waals surface area contributed by atoms with E-state index in [1.54, 1.807) is 0 Å². The lowest BCUT2D eigenvalue weighted by Gasteiger charge is -2.26. The minimum Gasteiger partial charge on any atom is -0.507 e. The molecule has 3 rings (SSSR count). The molecule has 1 aliphatic heterocycles. The molecule has 0 spiro atoms. The zero-order chi connectivity index (χ0) is 19.0. The van der Waals surface area contributed by atoms with Crippen molar-refractivity contribution in [2.45, 2.75) is 32.5 Å². The van der Waals surface area contributed by atoms with Crippen LogP contribution in [-0.2, 0) is 11.3 Å². The highest BCUT2D eigenvalue weighted by atomic mass is 35.5. The third-order valence-electron chi connectivity index (χ3n) is 4.24. The lowest BCUT2D eigenvalue weighted by atomic mass is 10.0. The summed E-state index contributed by atoms with van der Waals surface area (Å²) >= 11 is 5.88. The second-order valence-electron chi connectivity index (χ2n) is 6.52. The Labute approximate surface area is 156 Å². The minimum atomic E-state index is -0.798. The van der Waals surface area contributed by atoms with Gasteiger partial charge in [-0.1, -0.05) is 35.9 Å². The Hall–Kier alpha value is -2.73. The second kappa shape index (κ2) is 6.88. The number of phenolic OH excluding ortho intramolecular Hbond substituents is 2. The molecule has 2 amide bonds. The van der Waals surface area contributed by atoms with Crippen LogP contribution in [0.4, 0.5) is 0 Å². The van der Waals surface area contributed by atoms with Gasteiger partial charge in [-0.3, -0.25) is 9.59 Å². The number of fused-ring (bicyclic) bond motifs is 1. The van der Waals surface area contributed by atoms with Gasteiger partial charge in [-0.05, 0) is 31.0 Å². The van der Waals surface area contributed by atoms with Gasteiger partial charge >= 0.3 is 0 Å². The van der Waals surface area contributed by atoms with Crippen molar-refractivity contribution in [1.29, 1.82) is 0 Å². The van der Waals surface area contributed by atoms with E-state index >= 15 is 0 Å². The number of carbonyl (C=O) groups excluding carboxylic acids is 2. The fourth-order valence-corrected chi connectivity index (χ4v) is 3.26.